The number of amides is 3. The molecule has 0 radical (unpaired) electrons. The minimum absolute atomic E-state index is 0.0573. The van der Waals surface area contributed by atoms with Gasteiger partial charge in [-0.2, -0.15) is 0 Å². The van der Waals surface area contributed by atoms with E-state index in [1.54, 1.807) is 24.3 Å². The standard InChI is InChI=1S/C18H20FN3O2/c1-12(2)21-18(24)20-11-13-5-3-8-16(9-13)22-17(23)14-6-4-7-15(19)10-14/h3-10,12H,11H2,1-2H3,(H,22,23)(H2,20,21,24). The molecule has 2 rings (SSSR count). The number of hydrogen-bond acceptors (Lipinski definition) is 2. The van der Waals surface area contributed by atoms with E-state index in [2.05, 4.69) is 16.0 Å². The second-order valence-corrected chi connectivity index (χ2v) is 5.65. The minimum Gasteiger partial charge on any atom is -0.336 e. The van der Waals surface area contributed by atoms with Crippen molar-refractivity contribution in [2.24, 2.45) is 0 Å². The average molecular weight is 329 g/mol. The molecule has 3 amide bonds. The fourth-order valence-electron chi connectivity index (χ4n) is 2.09. The molecule has 6 heteroatoms. The van der Waals surface area contributed by atoms with Crippen LogP contribution >= 0.6 is 0 Å². The zero-order valence-corrected chi connectivity index (χ0v) is 13.6. The molecule has 0 aliphatic heterocycles. The Morgan fingerprint density at radius 3 is 2.54 bits per heavy atom. The molecule has 0 saturated heterocycles. The average Bonchev–Trinajstić information content (AvgIpc) is 2.53. The van der Waals surface area contributed by atoms with E-state index in [0.717, 1.165) is 5.56 Å². The number of urea groups is 1. The Kier molecular flexibility index (Phi) is 5.89. The molecule has 0 fully saturated rings. The molecule has 3 N–H and O–H groups in total. The van der Waals surface area contributed by atoms with Crippen molar-refractivity contribution in [2.75, 3.05) is 5.32 Å². The first-order chi connectivity index (χ1) is 11.4. The smallest absolute Gasteiger partial charge is 0.315 e. The van der Waals surface area contributed by atoms with Crippen molar-refractivity contribution in [2.45, 2.75) is 26.4 Å². The molecule has 2 aromatic rings. The highest BCUT2D eigenvalue weighted by Gasteiger charge is 2.08. The number of halogens is 1. The van der Waals surface area contributed by atoms with Crippen molar-refractivity contribution in [1.82, 2.24) is 10.6 Å². The van der Waals surface area contributed by atoms with Crippen molar-refractivity contribution >= 4 is 17.6 Å². The first-order valence-corrected chi connectivity index (χ1v) is 7.64. The van der Waals surface area contributed by atoms with Gasteiger partial charge in [-0.15, -0.1) is 0 Å². The normalized spacial score (nSPS) is 10.3. The summed E-state index contributed by atoms with van der Waals surface area (Å²) >= 11 is 0. The van der Waals surface area contributed by atoms with Gasteiger partial charge in [0, 0.05) is 23.8 Å². The summed E-state index contributed by atoms with van der Waals surface area (Å²) in [5.74, 6) is -0.853. The SMILES string of the molecule is CC(C)NC(=O)NCc1cccc(NC(=O)c2cccc(F)c2)c1. The highest BCUT2D eigenvalue weighted by Crippen LogP contribution is 2.13. The largest absolute Gasteiger partial charge is 0.336 e. The fourth-order valence-corrected chi connectivity index (χ4v) is 2.09. The molecule has 0 saturated carbocycles. The van der Waals surface area contributed by atoms with Crippen molar-refractivity contribution < 1.29 is 14.0 Å². The van der Waals surface area contributed by atoms with E-state index in [-0.39, 0.29) is 17.6 Å². The second kappa shape index (κ2) is 8.10. The van der Waals surface area contributed by atoms with Crippen molar-refractivity contribution in [1.29, 1.82) is 0 Å². The lowest BCUT2D eigenvalue weighted by Gasteiger charge is -2.11. The number of carbonyl (C=O) groups excluding carboxylic acids is 2. The van der Waals surface area contributed by atoms with E-state index in [9.17, 15) is 14.0 Å². The summed E-state index contributed by atoms with van der Waals surface area (Å²) in [6.45, 7) is 4.09. The quantitative estimate of drug-likeness (QED) is 0.788. The van der Waals surface area contributed by atoms with E-state index in [1.165, 1.54) is 18.2 Å². The highest BCUT2D eigenvalue weighted by molar-refractivity contribution is 6.04. The fraction of sp³-hybridized carbons (Fsp3) is 0.222. The molecule has 0 unspecified atom stereocenters. The summed E-state index contributed by atoms with van der Waals surface area (Å²) in [5.41, 5.74) is 1.66. The Morgan fingerprint density at radius 1 is 1.08 bits per heavy atom. The van der Waals surface area contributed by atoms with Crippen LogP contribution in [-0.2, 0) is 6.54 Å². The van der Waals surface area contributed by atoms with Gasteiger partial charge in [0.25, 0.3) is 5.91 Å². The van der Waals surface area contributed by atoms with Gasteiger partial charge in [0.2, 0.25) is 0 Å². The summed E-state index contributed by atoms with van der Waals surface area (Å²) in [5, 5.41) is 8.18. The van der Waals surface area contributed by atoms with Crippen LogP contribution in [-0.4, -0.2) is 18.0 Å². The number of benzene rings is 2. The van der Waals surface area contributed by atoms with Gasteiger partial charge in [0.15, 0.2) is 0 Å². The van der Waals surface area contributed by atoms with E-state index >= 15 is 0 Å². The molecule has 24 heavy (non-hydrogen) atoms. The molecule has 5 nitrogen and oxygen atoms in total. The molecule has 2 aromatic carbocycles. The van der Waals surface area contributed by atoms with Crippen molar-refractivity contribution in [3.05, 3.63) is 65.5 Å². The maximum atomic E-state index is 13.2. The summed E-state index contributed by atoms with van der Waals surface area (Å²) in [4.78, 5) is 23.7. The molecular formula is C18H20FN3O2. The number of nitrogens with one attached hydrogen (secondary N) is 3. The van der Waals surface area contributed by atoms with Crippen LogP contribution in [0, 0.1) is 5.82 Å². The van der Waals surface area contributed by atoms with Crippen LogP contribution in [0.4, 0.5) is 14.9 Å². The van der Waals surface area contributed by atoms with Gasteiger partial charge in [0.05, 0.1) is 0 Å². The lowest BCUT2D eigenvalue weighted by molar-refractivity contribution is 0.102. The van der Waals surface area contributed by atoms with E-state index < -0.39 is 11.7 Å². The summed E-state index contributed by atoms with van der Waals surface area (Å²) in [6, 6.07) is 12.4. The molecular weight excluding hydrogens is 309 g/mol. The van der Waals surface area contributed by atoms with Crippen molar-refractivity contribution in [3.63, 3.8) is 0 Å². The molecule has 0 aliphatic carbocycles. The number of hydrogen-bond donors (Lipinski definition) is 3. The summed E-state index contributed by atoms with van der Waals surface area (Å²) < 4.78 is 13.2. The molecule has 0 aromatic heterocycles. The third kappa shape index (κ3) is 5.39. The molecule has 0 atom stereocenters. The third-order valence-corrected chi connectivity index (χ3v) is 3.14. The third-order valence-electron chi connectivity index (χ3n) is 3.14. The van der Waals surface area contributed by atoms with Crippen LogP contribution in [0.15, 0.2) is 48.5 Å². The monoisotopic (exact) mass is 329 g/mol. The van der Waals surface area contributed by atoms with Gasteiger partial charge >= 0.3 is 6.03 Å². The Bertz CT molecular complexity index is 732. The lowest BCUT2D eigenvalue weighted by atomic mass is 10.1. The maximum absolute atomic E-state index is 13.2. The lowest BCUT2D eigenvalue weighted by Crippen LogP contribution is -2.39. The van der Waals surface area contributed by atoms with Gasteiger partial charge in [-0.25, -0.2) is 9.18 Å². The van der Waals surface area contributed by atoms with Crippen LogP contribution < -0.4 is 16.0 Å². The molecule has 0 heterocycles. The van der Waals surface area contributed by atoms with Gasteiger partial charge in [-0.1, -0.05) is 18.2 Å². The predicted molar refractivity (Wildman–Crippen MR) is 91.3 cm³/mol. The minimum atomic E-state index is -0.461. The zero-order valence-electron chi connectivity index (χ0n) is 13.6. The first kappa shape index (κ1) is 17.5. The molecule has 0 bridgehead atoms. The summed E-state index contributed by atoms with van der Waals surface area (Å²) in [7, 11) is 0. The van der Waals surface area contributed by atoms with Gasteiger partial charge in [-0.05, 0) is 49.7 Å². The predicted octanol–water partition coefficient (Wildman–Crippen LogP) is 3.29. The van der Waals surface area contributed by atoms with Gasteiger partial charge in [-0.3, -0.25) is 4.79 Å². The van der Waals surface area contributed by atoms with E-state index in [4.69, 9.17) is 0 Å². The highest BCUT2D eigenvalue weighted by atomic mass is 19.1. The van der Waals surface area contributed by atoms with Crippen LogP contribution in [0.25, 0.3) is 0 Å². The Balaban J connectivity index is 1.97. The Morgan fingerprint density at radius 2 is 1.83 bits per heavy atom. The topological polar surface area (TPSA) is 70.2 Å². The van der Waals surface area contributed by atoms with Crippen molar-refractivity contribution in [3.8, 4) is 0 Å². The maximum Gasteiger partial charge on any atom is 0.315 e. The summed E-state index contributed by atoms with van der Waals surface area (Å²) in [6.07, 6.45) is 0. The number of rotatable bonds is 5. The number of carbonyl (C=O) groups is 2. The molecule has 0 spiro atoms. The Hall–Kier alpha value is -2.89. The van der Waals surface area contributed by atoms with Crippen LogP contribution in [0.3, 0.4) is 0 Å². The van der Waals surface area contributed by atoms with Crippen LogP contribution in [0.1, 0.15) is 29.8 Å². The van der Waals surface area contributed by atoms with E-state index in [1.807, 2.05) is 19.9 Å². The molecule has 126 valence electrons. The van der Waals surface area contributed by atoms with Crippen LogP contribution in [0.5, 0.6) is 0 Å². The second-order valence-electron chi connectivity index (χ2n) is 5.65. The zero-order chi connectivity index (χ0) is 17.5. The van der Waals surface area contributed by atoms with Crippen LogP contribution in [0.2, 0.25) is 0 Å². The van der Waals surface area contributed by atoms with E-state index in [0.29, 0.717) is 12.2 Å². The van der Waals surface area contributed by atoms with Gasteiger partial charge < -0.3 is 16.0 Å². The Labute approximate surface area is 140 Å². The van der Waals surface area contributed by atoms with Gasteiger partial charge in [0.1, 0.15) is 5.82 Å². The first-order valence-electron chi connectivity index (χ1n) is 7.64. The number of anilines is 1. The molecule has 0 aliphatic rings.